The second-order valence-corrected chi connectivity index (χ2v) is 8.10. The molecule has 0 amide bonds. The van der Waals surface area contributed by atoms with Gasteiger partial charge in [0.2, 0.25) is 0 Å². The predicted molar refractivity (Wildman–Crippen MR) is 121 cm³/mol. The van der Waals surface area contributed by atoms with Crippen molar-refractivity contribution in [2.24, 2.45) is 0 Å². The molecule has 0 aliphatic carbocycles. The van der Waals surface area contributed by atoms with Crippen molar-refractivity contribution >= 4 is 5.97 Å². The van der Waals surface area contributed by atoms with Crippen LogP contribution in [0.2, 0.25) is 0 Å². The van der Waals surface area contributed by atoms with Crippen LogP contribution in [0.3, 0.4) is 0 Å². The van der Waals surface area contributed by atoms with Crippen molar-refractivity contribution in [3.8, 4) is 0 Å². The van der Waals surface area contributed by atoms with Gasteiger partial charge >= 0.3 is 5.97 Å². The van der Waals surface area contributed by atoms with E-state index in [0.717, 1.165) is 25.8 Å². The molecule has 1 aliphatic rings. The highest BCUT2D eigenvalue weighted by atomic mass is 16.5. The molecule has 1 rings (SSSR count). The van der Waals surface area contributed by atoms with E-state index in [1.54, 1.807) is 0 Å². The number of carbonyl (C=O) groups is 1. The van der Waals surface area contributed by atoms with Gasteiger partial charge in [0.25, 0.3) is 0 Å². The Morgan fingerprint density at radius 3 is 2.18 bits per heavy atom. The van der Waals surface area contributed by atoms with Gasteiger partial charge in [0.15, 0.2) is 0 Å². The number of carbonyl (C=O) groups excluding carboxylic acids is 1. The Balaban J connectivity index is 1.80. The third-order valence-electron chi connectivity index (χ3n) is 5.45. The Morgan fingerprint density at radius 1 is 0.821 bits per heavy atom. The minimum atomic E-state index is -0.0114. The fraction of sp³-hybridized carbons (Fsp3) is 0.800. The summed E-state index contributed by atoms with van der Waals surface area (Å²) in [6.07, 6.45) is 27.1. The standard InChI is InChI=1S/C25H45NO2/c1-2-3-4-5-6-7-8-9-10-11-12-13-14-15-17-20-25(27)28-24-23-26-21-18-16-19-22-26/h6-7,9-10H,2-5,8,11-24H2,1H3/b7-6-,10-9-. The van der Waals surface area contributed by atoms with Gasteiger partial charge in [-0.05, 0) is 64.5 Å². The quantitative estimate of drug-likeness (QED) is 0.155. The molecule has 1 heterocycles. The molecule has 0 aromatic heterocycles. The first-order chi connectivity index (χ1) is 13.8. The van der Waals surface area contributed by atoms with Gasteiger partial charge in [0.1, 0.15) is 6.61 Å². The van der Waals surface area contributed by atoms with Crippen LogP contribution in [0.1, 0.15) is 103 Å². The maximum absolute atomic E-state index is 11.8. The molecule has 1 aliphatic heterocycles. The van der Waals surface area contributed by atoms with E-state index in [0.29, 0.717) is 13.0 Å². The van der Waals surface area contributed by atoms with Gasteiger partial charge in [-0.25, -0.2) is 0 Å². The van der Waals surface area contributed by atoms with Crippen molar-refractivity contribution in [2.75, 3.05) is 26.2 Å². The van der Waals surface area contributed by atoms with E-state index >= 15 is 0 Å². The molecule has 3 nitrogen and oxygen atoms in total. The molecule has 1 saturated heterocycles. The van der Waals surface area contributed by atoms with E-state index in [2.05, 4.69) is 36.1 Å². The summed E-state index contributed by atoms with van der Waals surface area (Å²) in [5.41, 5.74) is 0. The number of rotatable bonds is 17. The average molecular weight is 392 g/mol. The summed E-state index contributed by atoms with van der Waals surface area (Å²) >= 11 is 0. The first-order valence-corrected chi connectivity index (χ1v) is 12.0. The van der Waals surface area contributed by atoms with Gasteiger partial charge in [-0.2, -0.15) is 0 Å². The van der Waals surface area contributed by atoms with Crippen LogP contribution in [-0.4, -0.2) is 37.1 Å². The summed E-state index contributed by atoms with van der Waals surface area (Å²) in [4.78, 5) is 14.2. The largest absolute Gasteiger partial charge is 0.464 e. The smallest absolute Gasteiger partial charge is 0.305 e. The van der Waals surface area contributed by atoms with E-state index in [1.807, 2.05) is 0 Å². The van der Waals surface area contributed by atoms with Crippen molar-refractivity contribution in [3.05, 3.63) is 24.3 Å². The van der Waals surface area contributed by atoms with Crippen LogP contribution in [0, 0.1) is 0 Å². The number of unbranched alkanes of at least 4 members (excludes halogenated alkanes) is 8. The fourth-order valence-corrected chi connectivity index (χ4v) is 3.62. The molecule has 0 aromatic carbocycles. The Labute approximate surface area is 174 Å². The molecule has 162 valence electrons. The molecule has 0 unspecified atom stereocenters. The molecule has 0 saturated carbocycles. The first kappa shape index (κ1) is 24.9. The summed E-state index contributed by atoms with van der Waals surface area (Å²) in [5, 5.41) is 0. The van der Waals surface area contributed by atoms with Crippen molar-refractivity contribution in [3.63, 3.8) is 0 Å². The number of hydrogen-bond acceptors (Lipinski definition) is 3. The summed E-state index contributed by atoms with van der Waals surface area (Å²) < 4.78 is 5.37. The van der Waals surface area contributed by atoms with Gasteiger partial charge < -0.3 is 4.74 Å². The Morgan fingerprint density at radius 2 is 1.46 bits per heavy atom. The lowest BCUT2D eigenvalue weighted by Crippen LogP contribution is -2.33. The monoisotopic (exact) mass is 391 g/mol. The highest BCUT2D eigenvalue weighted by Gasteiger charge is 2.10. The summed E-state index contributed by atoms with van der Waals surface area (Å²) in [7, 11) is 0. The number of likely N-dealkylation sites (tertiary alicyclic amines) is 1. The van der Waals surface area contributed by atoms with E-state index in [9.17, 15) is 4.79 Å². The van der Waals surface area contributed by atoms with Crippen molar-refractivity contribution < 1.29 is 9.53 Å². The Bertz CT molecular complexity index is 411. The van der Waals surface area contributed by atoms with Gasteiger partial charge in [-0.15, -0.1) is 0 Å². The lowest BCUT2D eigenvalue weighted by molar-refractivity contribution is -0.144. The third-order valence-corrected chi connectivity index (χ3v) is 5.45. The van der Waals surface area contributed by atoms with Crippen LogP contribution in [0.4, 0.5) is 0 Å². The molecule has 0 bridgehead atoms. The topological polar surface area (TPSA) is 29.5 Å². The lowest BCUT2D eigenvalue weighted by atomic mass is 10.1. The van der Waals surface area contributed by atoms with E-state index in [1.165, 1.54) is 83.7 Å². The molecule has 0 N–H and O–H groups in total. The zero-order valence-electron chi connectivity index (χ0n) is 18.5. The maximum Gasteiger partial charge on any atom is 0.305 e. The third kappa shape index (κ3) is 15.9. The molecule has 0 spiro atoms. The van der Waals surface area contributed by atoms with Crippen molar-refractivity contribution in [1.29, 1.82) is 0 Å². The SMILES string of the molecule is CCCCC/C=C\C/C=C\CCCCCCCC(=O)OCCN1CCCCC1. The molecule has 1 fully saturated rings. The second-order valence-electron chi connectivity index (χ2n) is 8.10. The number of ether oxygens (including phenoxy) is 1. The zero-order chi connectivity index (χ0) is 20.1. The summed E-state index contributed by atoms with van der Waals surface area (Å²) in [6, 6.07) is 0. The molecule has 0 aromatic rings. The molecule has 3 heteroatoms. The number of hydrogen-bond donors (Lipinski definition) is 0. The zero-order valence-corrected chi connectivity index (χ0v) is 18.5. The van der Waals surface area contributed by atoms with Crippen LogP contribution < -0.4 is 0 Å². The van der Waals surface area contributed by atoms with E-state index < -0.39 is 0 Å². The summed E-state index contributed by atoms with van der Waals surface area (Å²) in [5.74, 6) is -0.0114. The van der Waals surface area contributed by atoms with Gasteiger partial charge in [-0.1, -0.05) is 69.8 Å². The predicted octanol–water partition coefficient (Wildman–Crippen LogP) is 6.83. The van der Waals surface area contributed by atoms with Crippen molar-refractivity contribution in [2.45, 2.75) is 103 Å². The van der Waals surface area contributed by atoms with Crippen molar-refractivity contribution in [1.82, 2.24) is 4.90 Å². The van der Waals surface area contributed by atoms with Crippen LogP contribution >= 0.6 is 0 Å². The number of allylic oxidation sites excluding steroid dienone is 4. The molecule has 0 radical (unpaired) electrons. The van der Waals surface area contributed by atoms with Gasteiger partial charge in [-0.3, -0.25) is 9.69 Å². The fourth-order valence-electron chi connectivity index (χ4n) is 3.62. The minimum absolute atomic E-state index is 0.0114. The molecular formula is C25H45NO2. The van der Waals surface area contributed by atoms with E-state index in [-0.39, 0.29) is 5.97 Å². The van der Waals surface area contributed by atoms with Crippen LogP contribution in [0.5, 0.6) is 0 Å². The highest BCUT2D eigenvalue weighted by molar-refractivity contribution is 5.69. The minimum Gasteiger partial charge on any atom is -0.464 e. The molecular weight excluding hydrogens is 346 g/mol. The van der Waals surface area contributed by atoms with Crippen LogP contribution in [-0.2, 0) is 9.53 Å². The number of piperidine rings is 1. The lowest BCUT2D eigenvalue weighted by Gasteiger charge is -2.25. The van der Waals surface area contributed by atoms with Crippen LogP contribution in [0.15, 0.2) is 24.3 Å². The second kappa shape index (κ2) is 19.2. The Kier molecular flexibility index (Phi) is 17.1. The average Bonchev–Trinajstić information content (AvgIpc) is 2.71. The van der Waals surface area contributed by atoms with E-state index in [4.69, 9.17) is 4.74 Å². The molecule has 28 heavy (non-hydrogen) atoms. The maximum atomic E-state index is 11.8. The van der Waals surface area contributed by atoms with Gasteiger partial charge in [0.05, 0.1) is 0 Å². The number of esters is 1. The van der Waals surface area contributed by atoms with Crippen LogP contribution in [0.25, 0.3) is 0 Å². The van der Waals surface area contributed by atoms with Gasteiger partial charge in [0, 0.05) is 13.0 Å². The number of nitrogens with zero attached hydrogens (tertiary/aromatic N) is 1. The first-order valence-electron chi connectivity index (χ1n) is 12.0. The molecule has 0 atom stereocenters. The normalized spacial score (nSPS) is 15.6. The Hall–Kier alpha value is -1.09. The summed E-state index contributed by atoms with van der Waals surface area (Å²) in [6.45, 7) is 6.07. The highest BCUT2D eigenvalue weighted by Crippen LogP contribution is 2.10.